The monoisotopic (exact) mass is 176 g/mol. The maximum Gasteiger partial charge on any atom is 0.328 e. The SMILES string of the molecule is CC1CCCCN1NC(=O)Cl. The van der Waals surface area contributed by atoms with Crippen LogP contribution >= 0.6 is 11.6 Å². The minimum atomic E-state index is -0.487. The first-order valence-electron chi connectivity index (χ1n) is 3.93. The number of hydrogen-bond acceptors (Lipinski definition) is 2. The van der Waals surface area contributed by atoms with E-state index in [4.69, 9.17) is 11.6 Å². The molecule has 1 rings (SSSR count). The van der Waals surface area contributed by atoms with Gasteiger partial charge in [-0.3, -0.25) is 10.2 Å². The average molecular weight is 177 g/mol. The van der Waals surface area contributed by atoms with Crippen molar-refractivity contribution in [2.24, 2.45) is 0 Å². The van der Waals surface area contributed by atoms with Crippen molar-refractivity contribution in [3.8, 4) is 0 Å². The summed E-state index contributed by atoms with van der Waals surface area (Å²) in [6.07, 6.45) is 3.52. The predicted molar refractivity (Wildman–Crippen MR) is 44.4 cm³/mol. The van der Waals surface area contributed by atoms with Gasteiger partial charge in [-0.25, -0.2) is 5.01 Å². The van der Waals surface area contributed by atoms with Crippen molar-refractivity contribution in [2.45, 2.75) is 32.2 Å². The molecule has 0 saturated carbocycles. The van der Waals surface area contributed by atoms with Crippen LogP contribution in [0.25, 0.3) is 0 Å². The second-order valence-corrected chi connectivity index (χ2v) is 3.27. The third-order valence-corrected chi connectivity index (χ3v) is 2.12. The van der Waals surface area contributed by atoms with E-state index in [9.17, 15) is 4.79 Å². The highest BCUT2D eigenvalue weighted by atomic mass is 35.5. The molecule has 0 spiro atoms. The molecule has 4 heteroatoms. The predicted octanol–water partition coefficient (Wildman–Crippen LogP) is 1.72. The molecule has 1 aliphatic heterocycles. The Balaban J connectivity index is 2.35. The number of nitrogens with zero attached hydrogens (tertiary/aromatic N) is 1. The van der Waals surface area contributed by atoms with Crippen LogP contribution in [0, 0.1) is 0 Å². The van der Waals surface area contributed by atoms with Crippen LogP contribution in [-0.2, 0) is 0 Å². The summed E-state index contributed by atoms with van der Waals surface area (Å²) in [5.74, 6) is 0. The van der Waals surface area contributed by atoms with Crippen molar-refractivity contribution < 1.29 is 4.79 Å². The summed E-state index contributed by atoms with van der Waals surface area (Å²) in [7, 11) is 0. The van der Waals surface area contributed by atoms with E-state index in [2.05, 4.69) is 12.3 Å². The molecule has 0 aromatic carbocycles. The van der Waals surface area contributed by atoms with Gasteiger partial charge >= 0.3 is 5.37 Å². The fourth-order valence-electron chi connectivity index (χ4n) is 1.38. The Morgan fingerprint density at radius 2 is 2.36 bits per heavy atom. The molecule has 0 aromatic rings. The number of carbonyl (C=O) groups excluding carboxylic acids is 1. The molecule has 1 heterocycles. The molecule has 0 aliphatic carbocycles. The Hall–Kier alpha value is -0.280. The number of hydrogen-bond donors (Lipinski definition) is 1. The van der Waals surface area contributed by atoms with Gasteiger partial charge in [-0.1, -0.05) is 6.42 Å². The van der Waals surface area contributed by atoms with Gasteiger partial charge in [-0.2, -0.15) is 0 Å². The maximum atomic E-state index is 10.5. The third-order valence-electron chi connectivity index (χ3n) is 2.03. The fourth-order valence-corrected chi connectivity index (χ4v) is 1.49. The average Bonchev–Trinajstić information content (AvgIpc) is 1.93. The number of hydrazine groups is 1. The van der Waals surface area contributed by atoms with Crippen LogP contribution in [0.3, 0.4) is 0 Å². The van der Waals surface area contributed by atoms with Crippen LogP contribution in [0.1, 0.15) is 26.2 Å². The summed E-state index contributed by atoms with van der Waals surface area (Å²) in [4.78, 5) is 10.5. The van der Waals surface area contributed by atoms with Gasteiger partial charge in [0.1, 0.15) is 0 Å². The highest BCUT2D eigenvalue weighted by Crippen LogP contribution is 2.13. The first-order chi connectivity index (χ1) is 5.20. The quantitative estimate of drug-likeness (QED) is 0.488. The molecular formula is C7H13ClN2O. The van der Waals surface area contributed by atoms with E-state index in [0.717, 1.165) is 19.4 Å². The molecule has 3 nitrogen and oxygen atoms in total. The zero-order chi connectivity index (χ0) is 8.27. The summed E-state index contributed by atoms with van der Waals surface area (Å²) < 4.78 is 0. The molecule has 0 radical (unpaired) electrons. The molecule has 1 fully saturated rings. The van der Waals surface area contributed by atoms with Gasteiger partial charge in [0.15, 0.2) is 0 Å². The minimum absolute atomic E-state index is 0.423. The van der Waals surface area contributed by atoms with E-state index in [1.54, 1.807) is 0 Å². The number of nitrogens with one attached hydrogen (secondary N) is 1. The lowest BCUT2D eigenvalue weighted by atomic mass is 10.1. The summed E-state index contributed by atoms with van der Waals surface area (Å²) >= 11 is 5.18. The molecule has 1 atom stereocenters. The number of amides is 1. The first kappa shape index (κ1) is 8.81. The van der Waals surface area contributed by atoms with Crippen molar-refractivity contribution in [1.82, 2.24) is 10.4 Å². The molecule has 1 aliphatic rings. The topological polar surface area (TPSA) is 32.3 Å². The van der Waals surface area contributed by atoms with Crippen LogP contribution in [0.15, 0.2) is 0 Å². The highest BCUT2D eigenvalue weighted by molar-refractivity contribution is 6.62. The van der Waals surface area contributed by atoms with E-state index in [1.165, 1.54) is 6.42 Å². The Bertz CT molecular complexity index is 151. The molecule has 1 saturated heterocycles. The standard InChI is InChI=1S/C7H13ClN2O/c1-6-4-2-3-5-10(6)9-7(8)11/h6H,2-5H2,1H3,(H,9,11). The van der Waals surface area contributed by atoms with E-state index in [1.807, 2.05) is 5.01 Å². The molecule has 1 N–H and O–H groups in total. The maximum absolute atomic E-state index is 10.5. The second-order valence-electron chi connectivity index (χ2n) is 2.92. The Morgan fingerprint density at radius 1 is 1.64 bits per heavy atom. The van der Waals surface area contributed by atoms with Gasteiger partial charge in [0.2, 0.25) is 0 Å². The van der Waals surface area contributed by atoms with Crippen LogP contribution in [0.4, 0.5) is 4.79 Å². The van der Waals surface area contributed by atoms with Gasteiger partial charge in [-0.15, -0.1) is 0 Å². The Labute approximate surface area is 71.7 Å². The Kier molecular flexibility index (Phi) is 3.15. The van der Waals surface area contributed by atoms with Gasteiger partial charge in [0, 0.05) is 12.6 Å². The third kappa shape index (κ3) is 2.67. The fraction of sp³-hybridized carbons (Fsp3) is 0.857. The molecule has 0 bridgehead atoms. The molecule has 64 valence electrons. The van der Waals surface area contributed by atoms with Gasteiger partial charge in [0.05, 0.1) is 0 Å². The summed E-state index contributed by atoms with van der Waals surface area (Å²) in [5, 5.41) is 1.41. The van der Waals surface area contributed by atoms with Gasteiger partial charge in [0.25, 0.3) is 0 Å². The van der Waals surface area contributed by atoms with E-state index >= 15 is 0 Å². The lowest BCUT2D eigenvalue weighted by Gasteiger charge is -2.32. The smallest absolute Gasteiger partial charge is 0.275 e. The van der Waals surface area contributed by atoms with Crippen molar-refractivity contribution in [3.63, 3.8) is 0 Å². The van der Waals surface area contributed by atoms with E-state index in [0.29, 0.717) is 6.04 Å². The van der Waals surface area contributed by atoms with E-state index < -0.39 is 5.37 Å². The summed E-state index contributed by atoms with van der Waals surface area (Å²) in [6.45, 7) is 3.01. The van der Waals surface area contributed by atoms with Crippen molar-refractivity contribution in [1.29, 1.82) is 0 Å². The lowest BCUT2D eigenvalue weighted by Crippen LogP contribution is -2.48. The largest absolute Gasteiger partial charge is 0.328 e. The Morgan fingerprint density at radius 3 is 2.91 bits per heavy atom. The van der Waals surface area contributed by atoms with Crippen molar-refractivity contribution in [3.05, 3.63) is 0 Å². The first-order valence-corrected chi connectivity index (χ1v) is 4.30. The van der Waals surface area contributed by atoms with Crippen LogP contribution in [0.5, 0.6) is 0 Å². The highest BCUT2D eigenvalue weighted by Gasteiger charge is 2.18. The second kappa shape index (κ2) is 3.93. The van der Waals surface area contributed by atoms with Crippen LogP contribution < -0.4 is 5.43 Å². The van der Waals surface area contributed by atoms with Crippen molar-refractivity contribution in [2.75, 3.05) is 6.54 Å². The normalized spacial score (nSPS) is 26.5. The number of carbonyl (C=O) groups is 1. The van der Waals surface area contributed by atoms with E-state index in [-0.39, 0.29) is 0 Å². The molecule has 1 amide bonds. The minimum Gasteiger partial charge on any atom is -0.275 e. The van der Waals surface area contributed by atoms with Gasteiger partial charge < -0.3 is 0 Å². The summed E-state index contributed by atoms with van der Waals surface area (Å²) in [5.41, 5.74) is 2.59. The van der Waals surface area contributed by atoms with Crippen LogP contribution in [0.2, 0.25) is 0 Å². The molecule has 0 aromatic heterocycles. The summed E-state index contributed by atoms with van der Waals surface area (Å²) in [6, 6.07) is 0.423. The number of piperidine rings is 1. The zero-order valence-electron chi connectivity index (χ0n) is 6.64. The van der Waals surface area contributed by atoms with Gasteiger partial charge in [-0.05, 0) is 31.4 Å². The number of halogens is 1. The molecule has 1 unspecified atom stereocenters. The number of rotatable bonds is 1. The molecule has 11 heavy (non-hydrogen) atoms. The zero-order valence-corrected chi connectivity index (χ0v) is 7.40. The lowest BCUT2D eigenvalue weighted by molar-refractivity contribution is 0.115. The van der Waals surface area contributed by atoms with Crippen LogP contribution in [-0.4, -0.2) is 23.0 Å². The van der Waals surface area contributed by atoms with Crippen molar-refractivity contribution >= 4 is 17.0 Å². The molecular weight excluding hydrogens is 164 g/mol.